The lowest BCUT2D eigenvalue weighted by atomic mass is 10.1. The number of hydrogen-bond donors (Lipinski definition) is 1. The molecule has 0 unspecified atom stereocenters. The molecule has 1 heterocycles. The first-order chi connectivity index (χ1) is 14.5. The fraction of sp³-hybridized carbons (Fsp3) is 0.174. The number of anilines is 1. The number of hydrogen-bond acceptors (Lipinski definition) is 3. The van der Waals surface area contributed by atoms with E-state index in [0.29, 0.717) is 17.1 Å². The zero-order valence-corrected chi connectivity index (χ0v) is 17.0. The second-order valence-electron chi connectivity index (χ2n) is 6.80. The quantitative estimate of drug-likeness (QED) is 0.579. The number of nitrogens with zero attached hydrogens (tertiary/aromatic N) is 2. The fourth-order valence-electron chi connectivity index (χ4n) is 2.95. The van der Waals surface area contributed by atoms with Crippen LogP contribution < -0.4 is 5.32 Å². The van der Waals surface area contributed by atoms with E-state index in [4.69, 9.17) is 11.6 Å². The highest BCUT2D eigenvalue weighted by atomic mass is 35.5. The van der Waals surface area contributed by atoms with Gasteiger partial charge in [-0.05, 0) is 60.0 Å². The summed E-state index contributed by atoms with van der Waals surface area (Å²) in [6.45, 7) is 0.142. The second kappa shape index (κ2) is 10.5. The van der Waals surface area contributed by atoms with Crippen LogP contribution in [0.2, 0.25) is 5.02 Å². The molecule has 1 N–H and O–H groups in total. The Morgan fingerprint density at radius 1 is 1.03 bits per heavy atom. The van der Waals surface area contributed by atoms with E-state index in [-0.39, 0.29) is 37.1 Å². The van der Waals surface area contributed by atoms with Crippen molar-refractivity contribution in [2.45, 2.75) is 19.4 Å². The number of pyridine rings is 1. The average Bonchev–Trinajstić information content (AvgIpc) is 2.74. The molecule has 0 bridgehead atoms. The molecule has 0 atom stereocenters. The molecule has 0 saturated carbocycles. The van der Waals surface area contributed by atoms with Crippen LogP contribution in [-0.4, -0.2) is 28.2 Å². The van der Waals surface area contributed by atoms with Crippen LogP contribution >= 0.6 is 11.6 Å². The highest BCUT2D eigenvalue weighted by molar-refractivity contribution is 6.30. The Morgan fingerprint density at radius 2 is 1.80 bits per heavy atom. The molecule has 0 aliphatic carbocycles. The minimum absolute atomic E-state index is 0.112. The van der Waals surface area contributed by atoms with Crippen LogP contribution in [0.1, 0.15) is 17.5 Å². The van der Waals surface area contributed by atoms with E-state index in [9.17, 15) is 14.0 Å². The average molecular weight is 426 g/mol. The van der Waals surface area contributed by atoms with Gasteiger partial charge in [0.15, 0.2) is 0 Å². The van der Waals surface area contributed by atoms with Crippen LogP contribution in [0.3, 0.4) is 0 Å². The number of rotatable bonds is 8. The summed E-state index contributed by atoms with van der Waals surface area (Å²) in [5.41, 5.74) is 2.14. The Balaban J connectivity index is 1.66. The molecule has 2 amide bonds. The monoisotopic (exact) mass is 425 g/mol. The lowest BCUT2D eigenvalue weighted by Crippen LogP contribution is -2.37. The summed E-state index contributed by atoms with van der Waals surface area (Å²) in [4.78, 5) is 30.9. The third-order valence-electron chi connectivity index (χ3n) is 4.43. The van der Waals surface area contributed by atoms with E-state index in [1.807, 2.05) is 6.07 Å². The molecule has 0 fully saturated rings. The predicted octanol–water partition coefficient (Wildman–Crippen LogP) is 4.47. The van der Waals surface area contributed by atoms with Gasteiger partial charge >= 0.3 is 0 Å². The van der Waals surface area contributed by atoms with Crippen LogP contribution in [0.25, 0.3) is 0 Å². The third kappa shape index (κ3) is 6.67. The summed E-state index contributed by atoms with van der Waals surface area (Å²) in [7, 11) is 0. The van der Waals surface area contributed by atoms with Crippen LogP contribution in [0, 0.1) is 5.82 Å². The SMILES string of the molecule is O=C(CN(Cc1cccnc1)C(=O)CCc1cccc(F)c1)Nc1ccc(Cl)cc1. The van der Waals surface area contributed by atoms with Gasteiger partial charge in [0.25, 0.3) is 0 Å². The second-order valence-corrected chi connectivity index (χ2v) is 7.23. The summed E-state index contributed by atoms with van der Waals surface area (Å²) >= 11 is 5.86. The Hall–Kier alpha value is -3.25. The molecule has 3 rings (SSSR count). The molecule has 0 spiro atoms. The highest BCUT2D eigenvalue weighted by Gasteiger charge is 2.18. The molecular weight excluding hydrogens is 405 g/mol. The third-order valence-corrected chi connectivity index (χ3v) is 4.68. The van der Waals surface area contributed by atoms with Crippen molar-refractivity contribution >= 4 is 29.1 Å². The number of amides is 2. The zero-order chi connectivity index (χ0) is 21.3. The van der Waals surface area contributed by atoms with Crippen molar-refractivity contribution in [3.8, 4) is 0 Å². The van der Waals surface area contributed by atoms with E-state index in [1.54, 1.807) is 54.9 Å². The van der Waals surface area contributed by atoms with Crippen molar-refractivity contribution in [3.63, 3.8) is 0 Å². The number of nitrogens with one attached hydrogen (secondary N) is 1. The summed E-state index contributed by atoms with van der Waals surface area (Å²) in [6, 6.07) is 16.5. The maximum Gasteiger partial charge on any atom is 0.244 e. The predicted molar refractivity (Wildman–Crippen MR) is 114 cm³/mol. The summed E-state index contributed by atoms with van der Waals surface area (Å²) in [6.07, 6.45) is 3.85. The molecule has 154 valence electrons. The van der Waals surface area contributed by atoms with Crippen molar-refractivity contribution in [1.82, 2.24) is 9.88 Å². The van der Waals surface area contributed by atoms with Gasteiger partial charge in [-0.1, -0.05) is 29.8 Å². The first-order valence-corrected chi connectivity index (χ1v) is 9.84. The maximum atomic E-state index is 13.4. The summed E-state index contributed by atoms with van der Waals surface area (Å²) < 4.78 is 13.4. The smallest absolute Gasteiger partial charge is 0.244 e. The number of carbonyl (C=O) groups is 2. The number of benzene rings is 2. The maximum absolute atomic E-state index is 13.4. The van der Waals surface area contributed by atoms with Gasteiger partial charge in [0.1, 0.15) is 12.4 Å². The van der Waals surface area contributed by atoms with E-state index in [1.165, 1.54) is 17.0 Å². The lowest BCUT2D eigenvalue weighted by molar-refractivity contribution is -0.135. The normalized spacial score (nSPS) is 10.5. The molecule has 5 nitrogen and oxygen atoms in total. The Bertz CT molecular complexity index is 997. The van der Waals surface area contributed by atoms with Crippen molar-refractivity contribution in [3.05, 3.63) is 95.0 Å². The first kappa shape index (κ1) is 21.5. The molecule has 1 aromatic heterocycles. The minimum Gasteiger partial charge on any atom is -0.329 e. The van der Waals surface area contributed by atoms with E-state index in [0.717, 1.165) is 11.1 Å². The van der Waals surface area contributed by atoms with E-state index < -0.39 is 0 Å². The molecular formula is C23H21ClFN3O2. The molecule has 7 heteroatoms. The molecule has 30 heavy (non-hydrogen) atoms. The van der Waals surface area contributed by atoms with Gasteiger partial charge in [-0.25, -0.2) is 4.39 Å². The molecule has 0 saturated heterocycles. The lowest BCUT2D eigenvalue weighted by Gasteiger charge is -2.22. The zero-order valence-electron chi connectivity index (χ0n) is 16.2. The van der Waals surface area contributed by atoms with Gasteiger partial charge in [-0.15, -0.1) is 0 Å². The van der Waals surface area contributed by atoms with Crippen LogP contribution in [-0.2, 0) is 22.6 Å². The largest absolute Gasteiger partial charge is 0.329 e. The van der Waals surface area contributed by atoms with Crippen LogP contribution in [0.5, 0.6) is 0 Å². The van der Waals surface area contributed by atoms with Gasteiger partial charge in [-0.2, -0.15) is 0 Å². The van der Waals surface area contributed by atoms with Crippen molar-refractivity contribution in [1.29, 1.82) is 0 Å². The van der Waals surface area contributed by atoms with Gasteiger partial charge in [0.05, 0.1) is 0 Å². The standard InChI is InChI=1S/C23H21ClFN3O2/c24-19-7-9-21(10-8-19)27-22(29)16-28(15-18-4-2-12-26-14-18)23(30)11-6-17-3-1-5-20(25)13-17/h1-5,7-10,12-14H,6,11,15-16H2,(H,27,29). The Labute approximate surface area is 179 Å². The minimum atomic E-state index is -0.338. The van der Waals surface area contributed by atoms with Crippen molar-refractivity contribution in [2.24, 2.45) is 0 Å². The molecule has 2 aromatic carbocycles. The number of carbonyl (C=O) groups excluding carboxylic acids is 2. The van der Waals surface area contributed by atoms with Crippen molar-refractivity contribution < 1.29 is 14.0 Å². The number of halogens is 2. The molecule has 0 aliphatic rings. The number of aromatic nitrogens is 1. The molecule has 0 radical (unpaired) electrons. The van der Waals surface area contributed by atoms with Gasteiger partial charge in [0, 0.05) is 36.1 Å². The van der Waals surface area contributed by atoms with Crippen molar-refractivity contribution in [2.75, 3.05) is 11.9 Å². The van der Waals surface area contributed by atoms with Gasteiger partial charge in [-0.3, -0.25) is 14.6 Å². The summed E-state index contributed by atoms with van der Waals surface area (Å²) in [5.74, 6) is -0.857. The number of aryl methyl sites for hydroxylation is 1. The van der Waals surface area contributed by atoms with Crippen LogP contribution in [0.4, 0.5) is 10.1 Å². The van der Waals surface area contributed by atoms with Gasteiger partial charge < -0.3 is 10.2 Å². The van der Waals surface area contributed by atoms with E-state index in [2.05, 4.69) is 10.3 Å². The summed E-state index contributed by atoms with van der Waals surface area (Å²) in [5, 5.41) is 3.33. The first-order valence-electron chi connectivity index (χ1n) is 9.46. The fourth-order valence-corrected chi connectivity index (χ4v) is 3.08. The Morgan fingerprint density at radius 3 is 2.50 bits per heavy atom. The topological polar surface area (TPSA) is 62.3 Å². The van der Waals surface area contributed by atoms with Crippen LogP contribution in [0.15, 0.2) is 73.1 Å². The van der Waals surface area contributed by atoms with E-state index >= 15 is 0 Å². The molecule has 3 aromatic rings. The molecule has 0 aliphatic heterocycles. The Kier molecular flexibility index (Phi) is 7.51. The van der Waals surface area contributed by atoms with Gasteiger partial charge in [0.2, 0.25) is 11.8 Å². The highest BCUT2D eigenvalue weighted by Crippen LogP contribution is 2.14.